The van der Waals surface area contributed by atoms with E-state index in [-0.39, 0.29) is 51.9 Å². The van der Waals surface area contributed by atoms with Gasteiger partial charge in [-0.3, -0.25) is 14.4 Å². The Hall–Kier alpha value is -1.55. The third kappa shape index (κ3) is 2.20. The molecule has 26 heavy (non-hydrogen) atoms. The van der Waals surface area contributed by atoms with Crippen molar-refractivity contribution < 1.29 is 19.5 Å². The molecule has 7 atom stereocenters. The van der Waals surface area contributed by atoms with E-state index in [9.17, 15) is 19.5 Å². The number of fused-ring (bicyclic) bond motifs is 5. The molecule has 0 aromatic heterocycles. The summed E-state index contributed by atoms with van der Waals surface area (Å²) in [5.41, 5.74) is 0.387. The molecule has 3 saturated carbocycles. The highest BCUT2D eigenvalue weighted by Gasteiger charge is 2.64. The molecule has 140 valence electrons. The van der Waals surface area contributed by atoms with Crippen LogP contribution in [0.1, 0.15) is 46.5 Å². The minimum absolute atomic E-state index is 0.0205. The highest BCUT2D eigenvalue weighted by molar-refractivity contribution is 6.01. The van der Waals surface area contributed by atoms with E-state index in [1.54, 1.807) is 12.2 Å². The Morgan fingerprint density at radius 3 is 2.73 bits per heavy atom. The second-order valence-corrected chi connectivity index (χ2v) is 9.44. The van der Waals surface area contributed by atoms with Crippen LogP contribution in [0, 0.1) is 40.4 Å². The number of ketones is 3. The Kier molecular flexibility index (Phi) is 3.93. The van der Waals surface area contributed by atoms with Crippen LogP contribution in [0.25, 0.3) is 0 Å². The standard InChI is InChI=1S/C22H28O4/c1-12-8-16-15-5-4-13-9-14(24)6-7-21(13,2)20(15)17(25)10-22(16,3)19(12)18(26)11-23/h6-7,9,12,15-16,19-20,23H,4-5,8,10-11H2,1-3H3/t12-,15-,16?,19?,20?,21-,22-/m0/s1. The Morgan fingerprint density at radius 1 is 1.31 bits per heavy atom. The lowest BCUT2D eigenvalue weighted by molar-refractivity contribution is -0.146. The van der Waals surface area contributed by atoms with E-state index >= 15 is 0 Å². The number of aliphatic hydroxyl groups excluding tert-OH is 1. The average Bonchev–Trinajstić information content (AvgIpc) is 2.84. The number of Topliss-reactive ketones (excluding diaryl/α,β-unsaturated/α-hetero) is 2. The van der Waals surface area contributed by atoms with E-state index in [0.29, 0.717) is 12.3 Å². The Bertz CT molecular complexity index is 747. The molecule has 4 aliphatic carbocycles. The van der Waals surface area contributed by atoms with Gasteiger partial charge in [-0.15, -0.1) is 0 Å². The molecule has 0 bridgehead atoms. The second kappa shape index (κ2) is 5.72. The normalized spacial score (nSPS) is 47.1. The van der Waals surface area contributed by atoms with Crippen molar-refractivity contribution in [3.63, 3.8) is 0 Å². The zero-order valence-corrected chi connectivity index (χ0v) is 15.8. The summed E-state index contributed by atoms with van der Waals surface area (Å²) >= 11 is 0. The van der Waals surface area contributed by atoms with Crippen molar-refractivity contribution in [3.05, 3.63) is 23.8 Å². The van der Waals surface area contributed by atoms with Crippen LogP contribution in [0.3, 0.4) is 0 Å². The van der Waals surface area contributed by atoms with Crippen molar-refractivity contribution in [2.75, 3.05) is 6.61 Å². The van der Waals surface area contributed by atoms with E-state index in [4.69, 9.17) is 0 Å². The average molecular weight is 356 g/mol. The first kappa shape index (κ1) is 17.8. The van der Waals surface area contributed by atoms with Crippen molar-refractivity contribution in [1.82, 2.24) is 0 Å². The van der Waals surface area contributed by atoms with Crippen LogP contribution in [-0.4, -0.2) is 29.1 Å². The zero-order chi connectivity index (χ0) is 18.9. The lowest BCUT2D eigenvalue weighted by atomic mass is 9.47. The monoisotopic (exact) mass is 356 g/mol. The molecule has 0 amide bonds. The van der Waals surface area contributed by atoms with Crippen LogP contribution in [0.15, 0.2) is 23.8 Å². The van der Waals surface area contributed by atoms with Crippen LogP contribution in [0.5, 0.6) is 0 Å². The summed E-state index contributed by atoms with van der Waals surface area (Å²) in [4.78, 5) is 37.6. The molecule has 0 radical (unpaired) electrons. The van der Waals surface area contributed by atoms with E-state index in [1.807, 2.05) is 6.08 Å². The van der Waals surface area contributed by atoms with Gasteiger partial charge in [0, 0.05) is 23.7 Å². The van der Waals surface area contributed by atoms with Crippen molar-refractivity contribution in [2.24, 2.45) is 40.4 Å². The smallest absolute Gasteiger partial charge is 0.178 e. The number of aliphatic hydroxyl groups is 1. The third-order valence-electron chi connectivity index (χ3n) is 8.10. The third-order valence-corrected chi connectivity index (χ3v) is 8.10. The van der Waals surface area contributed by atoms with Crippen LogP contribution >= 0.6 is 0 Å². The Balaban J connectivity index is 1.75. The fourth-order valence-corrected chi connectivity index (χ4v) is 7.18. The van der Waals surface area contributed by atoms with Crippen LogP contribution in [0.2, 0.25) is 0 Å². The van der Waals surface area contributed by atoms with Gasteiger partial charge in [0.15, 0.2) is 11.6 Å². The summed E-state index contributed by atoms with van der Waals surface area (Å²) in [6.07, 6.45) is 8.40. The second-order valence-electron chi connectivity index (χ2n) is 9.44. The van der Waals surface area contributed by atoms with Crippen LogP contribution in [-0.2, 0) is 14.4 Å². The fraction of sp³-hybridized carbons (Fsp3) is 0.682. The number of hydrogen-bond donors (Lipinski definition) is 1. The number of rotatable bonds is 2. The fourth-order valence-electron chi connectivity index (χ4n) is 7.18. The van der Waals surface area contributed by atoms with Crippen LogP contribution in [0.4, 0.5) is 0 Å². The molecule has 0 aliphatic heterocycles. The zero-order valence-electron chi connectivity index (χ0n) is 15.8. The molecule has 3 fully saturated rings. The SMILES string of the molecule is C[C@H]1CC2[C@@H]3CCC4=CC(=O)C=C[C@]4(C)C3C(=O)C[C@]2(C)C1C(=O)CO. The maximum atomic E-state index is 13.4. The maximum absolute atomic E-state index is 13.4. The van der Waals surface area contributed by atoms with Gasteiger partial charge in [-0.2, -0.15) is 0 Å². The summed E-state index contributed by atoms with van der Waals surface area (Å²) in [5, 5.41) is 9.45. The van der Waals surface area contributed by atoms with E-state index in [0.717, 1.165) is 24.8 Å². The molecule has 3 unspecified atom stereocenters. The van der Waals surface area contributed by atoms with Crippen molar-refractivity contribution in [1.29, 1.82) is 0 Å². The quantitative estimate of drug-likeness (QED) is 0.826. The molecule has 4 rings (SSSR count). The van der Waals surface area contributed by atoms with E-state index in [2.05, 4.69) is 20.8 Å². The highest BCUT2D eigenvalue weighted by Crippen LogP contribution is 2.66. The van der Waals surface area contributed by atoms with Gasteiger partial charge in [-0.1, -0.05) is 32.4 Å². The number of allylic oxidation sites excluding steroid dienone is 4. The number of hydrogen-bond acceptors (Lipinski definition) is 4. The summed E-state index contributed by atoms with van der Waals surface area (Å²) in [7, 11) is 0. The van der Waals surface area contributed by atoms with Crippen molar-refractivity contribution >= 4 is 17.3 Å². The minimum atomic E-state index is -0.435. The molecule has 4 heteroatoms. The van der Waals surface area contributed by atoms with Gasteiger partial charge < -0.3 is 5.11 Å². The molecular formula is C22H28O4. The predicted octanol–water partition coefficient (Wildman–Crippen LogP) is 2.90. The molecule has 4 nitrogen and oxygen atoms in total. The maximum Gasteiger partial charge on any atom is 0.178 e. The first-order valence-electron chi connectivity index (χ1n) is 9.83. The lowest BCUT2D eigenvalue weighted by Gasteiger charge is -2.55. The summed E-state index contributed by atoms with van der Waals surface area (Å²) < 4.78 is 0. The summed E-state index contributed by atoms with van der Waals surface area (Å²) in [6.45, 7) is 5.86. The van der Waals surface area contributed by atoms with Gasteiger partial charge in [0.25, 0.3) is 0 Å². The van der Waals surface area contributed by atoms with Crippen molar-refractivity contribution in [2.45, 2.75) is 46.5 Å². The lowest BCUT2D eigenvalue weighted by Crippen LogP contribution is -2.55. The molecule has 0 saturated heterocycles. The van der Waals surface area contributed by atoms with E-state index in [1.165, 1.54) is 0 Å². The molecule has 0 heterocycles. The first-order chi connectivity index (χ1) is 12.2. The number of carbonyl (C=O) groups is 3. The molecule has 0 aromatic carbocycles. The molecule has 0 spiro atoms. The Morgan fingerprint density at radius 2 is 2.04 bits per heavy atom. The van der Waals surface area contributed by atoms with Gasteiger partial charge in [-0.25, -0.2) is 0 Å². The van der Waals surface area contributed by atoms with Gasteiger partial charge in [-0.05, 0) is 54.6 Å². The first-order valence-corrected chi connectivity index (χ1v) is 9.83. The largest absolute Gasteiger partial charge is 0.389 e. The van der Waals surface area contributed by atoms with E-state index < -0.39 is 6.61 Å². The Labute approximate surface area is 154 Å². The predicted molar refractivity (Wildman–Crippen MR) is 97.1 cm³/mol. The molecule has 4 aliphatic rings. The van der Waals surface area contributed by atoms with Gasteiger partial charge in [0.2, 0.25) is 0 Å². The van der Waals surface area contributed by atoms with Crippen LogP contribution < -0.4 is 0 Å². The number of carbonyl (C=O) groups excluding carboxylic acids is 3. The molecular weight excluding hydrogens is 328 g/mol. The molecule has 1 N–H and O–H groups in total. The highest BCUT2D eigenvalue weighted by atomic mass is 16.3. The van der Waals surface area contributed by atoms with Gasteiger partial charge in [0.05, 0.1) is 0 Å². The molecule has 0 aromatic rings. The summed E-state index contributed by atoms with van der Waals surface area (Å²) in [6, 6.07) is 0. The van der Waals surface area contributed by atoms with Gasteiger partial charge in [0.1, 0.15) is 12.4 Å². The minimum Gasteiger partial charge on any atom is -0.389 e. The van der Waals surface area contributed by atoms with Crippen molar-refractivity contribution in [3.8, 4) is 0 Å². The topological polar surface area (TPSA) is 71.4 Å². The summed E-state index contributed by atoms with van der Waals surface area (Å²) in [5.74, 6) is 0.586. The van der Waals surface area contributed by atoms with Gasteiger partial charge >= 0.3 is 0 Å².